The van der Waals surface area contributed by atoms with Crippen LogP contribution in [0.1, 0.15) is 57.1 Å². The van der Waals surface area contributed by atoms with Gasteiger partial charge in [0, 0.05) is 37.5 Å². The first-order chi connectivity index (χ1) is 13.9. The van der Waals surface area contributed by atoms with Crippen LogP contribution < -0.4 is 0 Å². The number of allylic oxidation sites excluding steroid dienone is 3. The molecule has 1 aromatic rings. The molecule has 3 rings (SSSR count). The lowest BCUT2D eigenvalue weighted by Crippen LogP contribution is -2.45. The Morgan fingerprint density at radius 1 is 1.31 bits per heavy atom. The SMILES string of the molecule is C=CCC(F)(F)CCc1ccc(C2=C(C)N=C3C(=O)N(CCCC)CCC32)cc1. The minimum Gasteiger partial charge on any atom is -0.338 e. The summed E-state index contributed by atoms with van der Waals surface area (Å²) >= 11 is 0. The summed E-state index contributed by atoms with van der Waals surface area (Å²) in [6.07, 6.45) is 4.08. The summed E-state index contributed by atoms with van der Waals surface area (Å²) in [6.45, 7) is 9.03. The maximum absolute atomic E-state index is 13.7. The Labute approximate surface area is 172 Å². The molecule has 1 amide bonds. The third-order valence-corrected chi connectivity index (χ3v) is 5.82. The number of halogens is 2. The van der Waals surface area contributed by atoms with Gasteiger partial charge in [-0.1, -0.05) is 43.7 Å². The highest BCUT2D eigenvalue weighted by molar-refractivity contribution is 6.43. The second-order valence-electron chi connectivity index (χ2n) is 8.03. The molecule has 0 spiro atoms. The summed E-state index contributed by atoms with van der Waals surface area (Å²) in [6, 6.07) is 7.78. The zero-order valence-corrected chi connectivity index (χ0v) is 17.4. The third kappa shape index (κ3) is 4.82. The molecule has 2 aliphatic rings. The molecule has 0 aliphatic carbocycles. The number of amides is 1. The topological polar surface area (TPSA) is 32.7 Å². The van der Waals surface area contributed by atoms with Crippen molar-refractivity contribution in [1.82, 2.24) is 4.90 Å². The van der Waals surface area contributed by atoms with Crippen LogP contribution in [0.4, 0.5) is 8.78 Å². The predicted octanol–water partition coefficient (Wildman–Crippen LogP) is 5.66. The van der Waals surface area contributed by atoms with Gasteiger partial charge < -0.3 is 4.90 Å². The highest BCUT2D eigenvalue weighted by atomic mass is 19.3. The van der Waals surface area contributed by atoms with E-state index in [2.05, 4.69) is 18.5 Å². The van der Waals surface area contributed by atoms with Crippen molar-refractivity contribution in [2.45, 2.75) is 58.3 Å². The fourth-order valence-corrected chi connectivity index (χ4v) is 4.20. The van der Waals surface area contributed by atoms with Crippen LogP contribution in [0, 0.1) is 5.92 Å². The quantitative estimate of drug-likeness (QED) is 0.492. The summed E-state index contributed by atoms with van der Waals surface area (Å²) in [5, 5.41) is 0. The van der Waals surface area contributed by atoms with E-state index in [4.69, 9.17) is 0 Å². The minimum atomic E-state index is -2.71. The van der Waals surface area contributed by atoms with Crippen molar-refractivity contribution in [1.29, 1.82) is 0 Å². The molecule has 1 atom stereocenters. The largest absolute Gasteiger partial charge is 0.338 e. The zero-order chi connectivity index (χ0) is 21.0. The Bertz CT molecular complexity index is 824. The molecule has 0 N–H and O–H groups in total. The number of carbonyl (C=O) groups excluding carboxylic acids is 1. The standard InChI is InChI=1S/C24H30F2N2O/c1-4-6-15-28-16-12-20-21(17(3)27-22(20)23(28)29)19-9-7-18(8-10-19)11-14-24(25,26)13-5-2/h5,7-10,20H,2,4,6,11-16H2,1,3H3. The fraction of sp³-hybridized carbons (Fsp3) is 0.500. The van der Waals surface area contributed by atoms with Crippen LogP contribution in [-0.2, 0) is 11.2 Å². The van der Waals surface area contributed by atoms with Crippen molar-refractivity contribution in [3.8, 4) is 0 Å². The number of aryl methyl sites for hydroxylation is 1. The summed E-state index contributed by atoms with van der Waals surface area (Å²) < 4.78 is 27.4. The average Bonchev–Trinajstić information content (AvgIpc) is 3.03. The van der Waals surface area contributed by atoms with Gasteiger partial charge in [0.2, 0.25) is 0 Å². The Hall–Kier alpha value is -2.30. The number of nitrogens with zero attached hydrogens (tertiary/aromatic N) is 2. The molecule has 0 aromatic heterocycles. The molecular formula is C24H30F2N2O. The number of aliphatic imine (C=N–C) groups is 1. The van der Waals surface area contributed by atoms with Crippen molar-refractivity contribution >= 4 is 17.2 Å². The Kier molecular flexibility index (Phi) is 6.66. The molecule has 1 aromatic carbocycles. The van der Waals surface area contributed by atoms with Crippen LogP contribution in [0.15, 0.2) is 47.6 Å². The van der Waals surface area contributed by atoms with Gasteiger partial charge in [-0.3, -0.25) is 9.79 Å². The molecule has 29 heavy (non-hydrogen) atoms. The van der Waals surface area contributed by atoms with Gasteiger partial charge in [0.25, 0.3) is 11.8 Å². The Morgan fingerprint density at radius 2 is 2.03 bits per heavy atom. The zero-order valence-electron chi connectivity index (χ0n) is 17.4. The van der Waals surface area contributed by atoms with Gasteiger partial charge in [-0.25, -0.2) is 8.78 Å². The first-order valence-corrected chi connectivity index (χ1v) is 10.5. The molecule has 1 unspecified atom stereocenters. The molecule has 3 nitrogen and oxygen atoms in total. The molecule has 1 fully saturated rings. The van der Waals surface area contributed by atoms with E-state index in [0.717, 1.165) is 54.7 Å². The van der Waals surface area contributed by atoms with Crippen LogP contribution in [0.5, 0.6) is 0 Å². The van der Waals surface area contributed by atoms with Crippen LogP contribution in [0.3, 0.4) is 0 Å². The van der Waals surface area contributed by atoms with Gasteiger partial charge in [0.05, 0.1) is 0 Å². The summed E-state index contributed by atoms with van der Waals surface area (Å²) in [5.74, 6) is -2.60. The van der Waals surface area contributed by atoms with E-state index in [9.17, 15) is 13.6 Å². The lowest BCUT2D eigenvalue weighted by molar-refractivity contribution is -0.125. The van der Waals surface area contributed by atoms with Crippen molar-refractivity contribution in [2.75, 3.05) is 13.1 Å². The predicted molar refractivity (Wildman–Crippen MR) is 114 cm³/mol. The number of piperidine rings is 1. The van der Waals surface area contributed by atoms with Crippen molar-refractivity contribution in [2.24, 2.45) is 10.9 Å². The number of rotatable bonds is 9. The van der Waals surface area contributed by atoms with E-state index in [1.54, 1.807) is 0 Å². The molecule has 156 valence electrons. The lowest BCUT2D eigenvalue weighted by atomic mass is 9.84. The van der Waals surface area contributed by atoms with Crippen LogP contribution in [0.25, 0.3) is 5.57 Å². The maximum atomic E-state index is 13.7. The maximum Gasteiger partial charge on any atom is 0.268 e. The van der Waals surface area contributed by atoms with Gasteiger partial charge in [-0.15, -0.1) is 6.58 Å². The van der Waals surface area contributed by atoms with Gasteiger partial charge in [-0.2, -0.15) is 0 Å². The lowest BCUT2D eigenvalue weighted by Gasteiger charge is -2.31. The second-order valence-corrected chi connectivity index (χ2v) is 8.03. The Balaban J connectivity index is 1.68. The van der Waals surface area contributed by atoms with Gasteiger partial charge in [-0.05, 0) is 42.9 Å². The molecule has 0 saturated carbocycles. The number of benzene rings is 1. The molecule has 2 aliphatic heterocycles. The van der Waals surface area contributed by atoms with Gasteiger partial charge in [0.15, 0.2) is 0 Å². The number of carbonyl (C=O) groups is 1. The second kappa shape index (κ2) is 9.02. The number of hydrogen-bond donors (Lipinski definition) is 0. The van der Waals surface area contributed by atoms with Gasteiger partial charge >= 0.3 is 0 Å². The van der Waals surface area contributed by atoms with E-state index in [0.29, 0.717) is 12.1 Å². The van der Waals surface area contributed by atoms with Crippen LogP contribution in [-0.4, -0.2) is 35.5 Å². The van der Waals surface area contributed by atoms with Crippen LogP contribution in [0.2, 0.25) is 0 Å². The third-order valence-electron chi connectivity index (χ3n) is 5.82. The number of unbranched alkanes of at least 4 members (excludes halogenated alkanes) is 1. The smallest absolute Gasteiger partial charge is 0.268 e. The summed E-state index contributed by atoms with van der Waals surface area (Å²) in [7, 11) is 0. The normalized spacial score (nSPS) is 19.4. The highest BCUT2D eigenvalue weighted by Gasteiger charge is 2.39. The molecule has 0 radical (unpaired) electrons. The van der Waals surface area contributed by atoms with E-state index >= 15 is 0 Å². The average molecular weight is 401 g/mol. The number of alkyl halides is 2. The fourth-order valence-electron chi connectivity index (χ4n) is 4.20. The first-order valence-electron chi connectivity index (χ1n) is 10.5. The highest BCUT2D eigenvalue weighted by Crippen LogP contribution is 2.39. The van der Waals surface area contributed by atoms with E-state index in [1.807, 2.05) is 36.1 Å². The molecule has 1 saturated heterocycles. The number of likely N-dealkylation sites (tertiary alicyclic amines) is 1. The van der Waals surface area contributed by atoms with Crippen molar-refractivity contribution in [3.05, 3.63) is 53.7 Å². The van der Waals surface area contributed by atoms with E-state index in [1.165, 1.54) is 6.08 Å². The van der Waals surface area contributed by atoms with Gasteiger partial charge in [0.1, 0.15) is 5.71 Å². The number of fused-ring (bicyclic) bond motifs is 1. The summed E-state index contributed by atoms with van der Waals surface area (Å²) in [5.41, 5.74) is 4.57. The minimum absolute atomic E-state index is 0.0446. The van der Waals surface area contributed by atoms with E-state index < -0.39 is 5.92 Å². The Morgan fingerprint density at radius 3 is 2.69 bits per heavy atom. The molecule has 2 heterocycles. The number of hydrogen-bond acceptors (Lipinski definition) is 2. The van der Waals surface area contributed by atoms with E-state index in [-0.39, 0.29) is 24.7 Å². The first kappa shape index (κ1) is 21.4. The summed E-state index contributed by atoms with van der Waals surface area (Å²) in [4.78, 5) is 19.3. The molecular weight excluding hydrogens is 370 g/mol. The van der Waals surface area contributed by atoms with Crippen LogP contribution >= 0.6 is 0 Å². The molecule has 5 heteroatoms. The molecule has 0 bridgehead atoms. The monoisotopic (exact) mass is 400 g/mol. The van der Waals surface area contributed by atoms with Crippen molar-refractivity contribution < 1.29 is 13.6 Å². The van der Waals surface area contributed by atoms with Crippen molar-refractivity contribution in [3.63, 3.8) is 0 Å².